The normalized spacial score (nSPS) is 14.6. The van der Waals surface area contributed by atoms with Gasteiger partial charge in [0.25, 0.3) is 0 Å². The monoisotopic (exact) mass is 263 g/mol. The second-order valence-corrected chi connectivity index (χ2v) is 3.47. The molecule has 0 saturated carbocycles. The summed E-state index contributed by atoms with van der Waals surface area (Å²) in [5.74, 6) is -7.62. The number of halogens is 5. The van der Waals surface area contributed by atoms with E-state index < -0.39 is 24.0 Å². The maximum absolute atomic E-state index is 12.8. The Bertz CT molecular complexity index is 267. The van der Waals surface area contributed by atoms with Gasteiger partial charge >= 0.3 is 18.0 Å². The van der Waals surface area contributed by atoms with E-state index in [1.165, 1.54) is 21.0 Å². The maximum atomic E-state index is 12.8. The van der Waals surface area contributed by atoms with E-state index in [2.05, 4.69) is 4.74 Å². The van der Waals surface area contributed by atoms with Crippen LogP contribution in [0.1, 0.15) is 13.8 Å². The van der Waals surface area contributed by atoms with Crippen LogP contribution in [0.4, 0.5) is 22.0 Å². The van der Waals surface area contributed by atoms with Gasteiger partial charge in [-0.25, -0.2) is 0 Å². The van der Waals surface area contributed by atoms with Crippen LogP contribution in [-0.2, 0) is 9.53 Å². The van der Waals surface area contributed by atoms with Gasteiger partial charge in [0.1, 0.15) is 0 Å². The molecule has 17 heavy (non-hydrogen) atoms. The minimum absolute atomic E-state index is 0.118. The summed E-state index contributed by atoms with van der Waals surface area (Å²) in [6, 6.07) is -0.856. The lowest BCUT2D eigenvalue weighted by atomic mass is 10.2. The van der Waals surface area contributed by atoms with Gasteiger partial charge in [0, 0.05) is 13.7 Å². The van der Waals surface area contributed by atoms with Crippen LogP contribution in [0.5, 0.6) is 0 Å². The predicted molar refractivity (Wildman–Crippen MR) is 49.7 cm³/mol. The molecule has 1 amide bonds. The van der Waals surface area contributed by atoms with Gasteiger partial charge in [-0.05, 0) is 13.8 Å². The van der Waals surface area contributed by atoms with Crippen molar-refractivity contribution in [3.05, 3.63) is 0 Å². The fraction of sp³-hybridized carbons (Fsp3) is 0.889. The topological polar surface area (TPSA) is 29.5 Å². The summed E-state index contributed by atoms with van der Waals surface area (Å²) in [6.45, 7) is 2.27. The zero-order valence-electron chi connectivity index (χ0n) is 9.65. The van der Waals surface area contributed by atoms with E-state index in [1.54, 1.807) is 0 Å². The van der Waals surface area contributed by atoms with Crippen molar-refractivity contribution in [1.82, 2.24) is 4.90 Å². The van der Waals surface area contributed by atoms with E-state index in [1.807, 2.05) is 0 Å². The van der Waals surface area contributed by atoms with Crippen LogP contribution in [0.25, 0.3) is 0 Å². The molecule has 0 aromatic rings. The van der Waals surface area contributed by atoms with Gasteiger partial charge in [-0.1, -0.05) is 0 Å². The largest absolute Gasteiger partial charge is 0.463 e. The van der Waals surface area contributed by atoms with E-state index in [0.29, 0.717) is 4.90 Å². The third-order valence-electron chi connectivity index (χ3n) is 2.17. The third-order valence-corrected chi connectivity index (χ3v) is 2.17. The number of likely N-dealkylation sites (N-methyl/N-ethyl adjacent to an activating group) is 1. The zero-order chi connectivity index (χ0) is 13.9. The first-order valence-electron chi connectivity index (χ1n) is 4.84. The molecule has 1 unspecified atom stereocenters. The molecular formula is C9H14F5NO2. The summed E-state index contributed by atoms with van der Waals surface area (Å²) < 4.78 is 66.2. The lowest BCUT2D eigenvalue weighted by Crippen LogP contribution is -2.55. The molecule has 0 heterocycles. The summed E-state index contributed by atoms with van der Waals surface area (Å²) in [7, 11) is 1.26. The van der Waals surface area contributed by atoms with Crippen LogP contribution in [0.3, 0.4) is 0 Å². The standard InChI is InChI=1S/C9H14F5NO2/c1-4-15(6(2)5-17-3)7(16)8(10,11)9(12,13)14/h6H,4-5H2,1-3H3. The molecule has 0 aromatic heterocycles. The van der Waals surface area contributed by atoms with Crippen LogP contribution in [0.15, 0.2) is 0 Å². The van der Waals surface area contributed by atoms with Gasteiger partial charge in [0.2, 0.25) is 0 Å². The van der Waals surface area contributed by atoms with Crippen molar-refractivity contribution in [3.8, 4) is 0 Å². The van der Waals surface area contributed by atoms with E-state index in [9.17, 15) is 26.7 Å². The zero-order valence-corrected chi connectivity index (χ0v) is 9.65. The number of amides is 1. The van der Waals surface area contributed by atoms with Crippen molar-refractivity contribution in [2.75, 3.05) is 20.3 Å². The quantitative estimate of drug-likeness (QED) is 0.711. The Balaban J connectivity index is 4.99. The number of hydrogen-bond donors (Lipinski definition) is 0. The molecule has 0 bridgehead atoms. The van der Waals surface area contributed by atoms with Crippen molar-refractivity contribution in [2.24, 2.45) is 0 Å². The Labute approximate surface area is 95.5 Å². The molecule has 0 saturated heterocycles. The number of ether oxygens (including phenoxy) is 1. The molecule has 0 radical (unpaired) electrons. The Morgan fingerprint density at radius 2 is 1.76 bits per heavy atom. The van der Waals surface area contributed by atoms with Gasteiger partial charge < -0.3 is 9.64 Å². The minimum Gasteiger partial charge on any atom is -0.383 e. The second kappa shape index (κ2) is 5.61. The van der Waals surface area contributed by atoms with E-state index in [4.69, 9.17) is 0 Å². The average Bonchev–Trinajstić information content (AvgIpc) is 2.17. The number of hydrogen-bond acceptors (Lipinski definition) is 2. The Morgan fingerprint density at radius 3 is 2.06 bits per heavy atom. The van der Waals surface area contributed by atoms with Crippen LogP contribution < -0.4 is 0 Å². The molecule has 1 atom stereocenters. The van der Waals surface area contributed by atoms with Crippen LogP contribution in [-0.4, -0.2) is 49.2 Å². The summed E-state index contributed by atoms with van der Waals surface area (Å²) in [5, 5.41) is 0. The smallest absolute Gasteiger partial charge is 0.383 e. The number of nitrogens with zero attached hydrogens (tertiary/aromatic N) is 1. The van der Waals surface area contributed by atoms with Crippen molar-refractivity contribution in [2.45, 2.75) is 32.0 Å². The van der Waals surface area contributed by atoms with E-state index >= 15 is 0 Å². The first-order valence-corrected chi connectivity index (χ1v) is 4.84. The van der Waals surface area contributed by atoms with Crippen LogP contribution in [0.2, 0.25) is 0 Å². The Morgan fingerprint density at radius 1 is 1.29 bits per heavy atom. The third kappa shape index (κ3) is 3.52. The molecule has 0 spiro atoms. The van der Waals surface area contributed by atoms with Crippen molar-refractivity contribution in [1.29, 1.82) is 0 Å². The van der Waals surface area contributed by atoms with Crippen LogP contribution >= 0.6 is 0 Å². The lowest BCUT2D eigenvalue weighted by molar-refractivity contribution is -0.275. The van der Waals surface area contributed by atoms with E-state index in [-0.39, 0.29) is 13.2 Å². The summed E-state index contributed by atoms with van der Waals surface area (Å²) in [6.07, 6.45) is -5.88. The first-order chi connectivity index (χ1) is 7.59. The van der Waals surface area contributed by atoms with Crippen molar-refractivity contribution >= 4 is 5.91 Å². The highest BCUT2D eigenvalue weighted by atomic mass is 19.4. The van der Waals surface area contributed by atoms with Crippen LogP contribution in [0, 0.1) is 0 Å². The number of alkyl halides is 5. The summed E-state index contributed by atoms with van der Waals surface area (Å²) in [5.41, 5.74) is 0. The highest BCUT2D eigenvalue weighted by molar-refractivity contribution is 5.84. The fourth-order valence-electron chi connectivity index (χ4n) is 1.29. The molecule has 0 aliphatic carbocycles. The fourth-order valence-corrected chi connectivity index (χ4v) is 1.29. The molecular weight excluding hydrogens is 249 g/mol. The van der Waals surface area contributed by atoms with Gasteiger partial charge in [-0.15, -0.1) is 0 Å². The van der Waals surface area contributed by atoms with Gasteiger partial charge in [0.05, 0.1) is 12.6 Å². The van der Waals surface area contributed by atoms with Gasteiger partial charge in [-0.2, -0.15) is 22.0 Å². The molecule has 0 aliphatic rings. The van der Waals surface area contributed by atoms with Crippen molar-refractivity contribution < 1.29 is 31.5 Å². The van der Waals surface area contributed by atoms with Gasteiger partial charge in [-0.3, -0.25) is 4.79 Å². The SMILES string of the molecule is CCN(C(=O)C(F)(F)C(F)(F)F)C(C)COC. The molecule has 8 heteroatoms. The molecule has 0 aliphatic heterocycles. The van der Waals surface area contributed by atoms with E-state index in [0.717, 1.165) is 0 Å². The molecule has 3 nitrogen and oxygen atoms in total. The Hall–Kier alpha value is -0.920. The molecule has 0 fully saturated rings. The van der Waals surface area contributed by atoms with Gasteiger partial charge in [0.15, 0.2) is 0 Å². The first kappa shape index (κ1) is 16.1. The number of methoxy groups -OCH3 is 1. The summed E-state index contributed by atoms with van der Waals surface area (Å²) in [4.78, 5) is 11.6. The molecule has 0 N–H and O–H groups in total. The maximum Gasteiger partial charge on any atom is 0.463 e. The Kier molecular flexibility index (Phi) is 5.31. The molecule has 0 aromatic carbocycles. The number of carbonyl (C=O) groups is 1. The second-order valence-electron chi connectivity index (χ2n) is 3.47. The van der Waals surface area contributed by atoms with Crippen molar-refractivity contribution in [3.63, 3.8) is 0 Å². The predicted octanol–water partition coefficient (Wildman–Crippen LogP) is 2.07. The lowest BCUT2D eigenvalue weighted by Gasteiger charge is -2.31. The highest BCUT2D eigenvalue weighted by Gasteiger charge is 2.64. The number of rotatable bonds is 5. The molecule has 0 rings (SSSR count). The minimum atomic E-state index is -5.88. The highest BCUT2D eigenvalue weighted by Crippen LogP contribution is 2.37. The number of carbonyl (C=O) groups excluding carboxylic acids is 1. The summed E-state index contributed by atoms with van der Waals surface area (Å²) >= 11 is 0. The molecule has 102 valence electrons. The average molecular weight is 263 g/mol.